The summed E-state index contributed by atoms with van der Waals surface area (Å²) >= 11 is 0. The molecule has 0 heterocycles. The summed E-state index contributed by atoms with van der Waals surface area (Å²) in [7, 11) is 1.72. The van der Waals surface area contributed by atoms with Gasteiger partial charge in [-0.1, -0.05) is 5.16 Å². The van der Waals surface area contributed by atoms with Gasteiger partial charge in [0.05, 0.1) is 12.2 Å². The quantitative estimate of drug-likeness (QED) is 0.304. The van der Waals surface area contributed by atoms with Gasteiger partial charge in [0.25, 0.3) is 0 Å². The van der Waals surface area contributed by atoms with E-state index in [4.69, 9.17) is 20.4 Å². The zero-order chi connectivity index (χ0) is 10.4. The zero-order valence-electron chi connectivity index (χ0n) is 8.48. The fraction of sp³-hybridized carbons (Fsp3) is 0.889. The van der Waals surface area contributed by atoms with E-state index in [1.165, 1.54) is 0 Å². The average Bonchev–Trinajstić information content (AvgIpc) is 2.26. The number of hydrogen-bond acceptors (Lipinski definition) is 4. The first kappa shape index (κ1) is 11.3. The first-order chi connectivity index (χ1) is 6.76. The molecule has 0 bridgehead atoms. The molecule has 0 aromatic rings. The van der Waals surface area contributed by atoms with Crippen LogP contribution in [0.4, 0.5) is 0 Å². The maximum absolute atomic E-state index is 8.32. The van der Waals surface area contributed by atoms with Crippen LogP contribution < -0.4 is 5.73 Å². The SMILES string of the molecule is COC1CCCC(OCC(N)=NO)C1. The molecule has 2 unspecified atom stereocenters. The predicted molar refractivity (Wildman–Crippen MR) is 52.4 cm³/mol. The van der Waals surface area contributed by atoms with Gasteiger partial charge in [-0.15, -0.1) is 0 Å². The molecule has 5 nitrogen and oxygen atoms in total. The van der Waals surface area contributed by atoms with Crippen molar-refractivity contribution in [3.63, 3.8) is 0 Å². The van der Waals surface area contributed by atoms with Crippen LogP contribution in [0, 0.1) is 0 Å². The van der Waals surface area contributed by atoms with Crippen LogP contribution in [-0.4, -0.2) is 37.0 Å². The van der Waals surface area contributed by atoms with Crippen LogP contribution in [-0.2, 0) is 9.47 Å². The fourth-order valence-electron chi connectivity index (χ4n) is 1.70. The van der Waals surface area contributed by atoms with E-state index < -0.39 is 0 Å². The van der Waals surface area contributed by atoms with Gasteiger partial charge in [0.15, 0.2) is 5.84 Å². The number of oxime groups is 1. The third-order valence-electron chi connectivity index (χ3n) is 2.51. The Bertz CT molecular complexity index is 196. The minimum atomic E-state index is 0.115. The first-order valence-electron chi connectivity index (χ1n) is 4.87. The van der Waals surface area contributed by atoms with Crippen molar-refractivity contribution >= 4 is 5.84 Å². The Morgan fingerprint density at radius 3 is 2.86 bits per heavy atom. The summed E-state index contributed by atoms with van der Waals surface area (Å²) in [6.45, 7) is 0.192. The number of rotatable bonds is 4. The van der Waals surface area contributed by atoms with E-state index >= 15 is 0 Å². The van der Waals surface area contributed by atoms with Gasteiger partial charge in [-0.25, -0.2) is 0 Å². The van der Waals surface area contributed by atoms with E-state index in [0.717, 1.165) is 25.7 Å². The molecule has 1 aliphatic carbocycles. The first-order valence-corrected chi connectivity index (χ1v) is 4.87. The lowest BCUT2D eigenvalue weighted by Crippen LogP contribution is -2.30. The predicted octanol–water partition coefficient (Wildman–Crippen LogP) is 0.707. The van der Waals surface area contributed by atoms with Crippen molar-refractivity contribution in [1.29, 1.82) is 0 Å². The molecule has 0 aromatic carbocycles. The Hall–Kier alpha value is -0.810. The zero-order valence-corrected chi connectivity index (χ0v) is 8.48. The number of hydrogen-bond donors (Lipinski definition) is 2. The molecule has 5 heteroatoms. The number of amidine groups is 1. The highest BCUT2D eigenvalue weighted by atomic mass is 16.5. The number of nitrogens with two attached hydrogens (primary N) is 1. The molecule has 2 atom stereocenters. The minimum absolute atomic E-state index is 0.115. The molecule has 0 spiro atoms. The van der Waals surface area contributed by atoms with Crippen molar-refractivity contribution in [3.05, 3.63) is 0 Å². The Morgan fingerprint density at radius 1 is 1.50 bits per heavy atom. The van der Waals surface area contributed by atoms with Gasteiger partial charge in [-0.2, -0.15) is 0 Å². The molecule has 82 valence electrons. The molecule has 1 rings (SSSR count). The average molecular weight is 202 g/mol. The van der Waals surface area contributed by atoms with Crippen molar-refractivity contribution in [3.8, 4) is 0 Å². The van der Waals surface area contributed by atoms with Gasteiger partial charge in [0.1, 0.15) is 6.61 Å². The van der Waals surface area contributed by atoms with Gasteiger partial charge in [-0.05, 0) is 25.7 Å². The maximum atomic E-state index is 8.32. The topological polar surface area (TPSA) is 77.1 Å². The second-order valence-corrected chi connectivity index (χ2v) is 3.55. The highest BCUT2D eigenvalue weighted by molar-refractivity contribution is 5.80. The molecule has 3 N–H and O–H groups in total. The Kier molecular flexibility index (Phi) is 4.69. The monoisotopic (exact) mass is 202 g/mol. The Morgan fingerprint density at radius 2 is 2.21 bits per heavy atom. The summed E-state index contributed by atoms with van der Waals surface area (Å²) in [5.41, 5.74) is 5.30. The summed E-state index contributed by atoms with van der Waals surface area (Å²) in [6.07, 6.45) is 4.60. The van der Waals surface area contributed by atoms with Crippen molar-refractivity contribution in [1.82, 2.24) is 0 Å². The van der Waals surface area contributed by atoms with Crippen molar-refractivity contribution in [2.45, 2.75) is 37.9 Å². The van der Waals surface area contributed by atoms with Crippen LogP contribution >= 0.6 is 0 Å². The van der Waals surface area contributed by atoms with Crippen molar-refractivity contribution in [2.24, 2.45) is 10.9 Å². The highest BCUT2D eigenvalue weighted by Gasteiger charge is 2.22. The standard InChI is InChI=1S/C9H18N2O3/c1-13-7-3-2-4-8(5-7)14-6-9(10)11-12/h7-8,12H,2-6H2,1H3,(H2,10,11). The van der Waals surface area contributed by atoms with E-state index in [1.807, 2.05) is 0 Å². The molecule has 0 aliphatic heterocycles. The fourth-order valence-corrected chi connectivity index (χ4v) is 1.70. The molecule has 0 saturated heterocycles. The molecule has 1 saturated carbocycles. The van der Waals surface area contributed by atoms with E-state index in [-0.39, 0.29) is 18.5 Å². The van der Waals surface area contributed by atoms with E-state index in [9.17, 15) is 0 Å². The van der Waals surface area contributed by atoms with Crippen molar-refractivity contribution in [2.75, 3.05) is 13.7 Å². The Balaban J connectivity index is 2.24. The highest BCUT2D eigenvalue weighted by Crippen LogP contribution is 2.22. The summed E-state index contributed by atoms with van der Waals surface area (Å²) in [6, 6.07) is 0. The van der Waals surface area contributed by atoms with Gasteiger partial charge in [-0.3, -0.25) is 0 Å². The minimum Gasteiger partial charge on any atom is -0.409 e. The van der Waals surface area contributed by atoms with E-state index in [1.54, 1.807) is 7.11 Å². The number of methoxy groups -OCH3 is 1. The molecule has 14 heavy (non-hydrogen) atoms. The summed E-state index contributed by atoms with van der Waals surface area (Å²) in [5, 5.41) is 11.2. The molecule has 1 fully saturated rings. The van der Waals surface area contributed by atoms with E-state index in [2.05, 4.69) is 5.16 Å². The lowest BCUT2D eigenvalue weighted by atomic mass is 9.95. The van der Waals surface area contributed by atoms with Crippen LogP contribution in [0.2, 0.25) is 0 Å². The van der Waals surface area contributed by atoms with Gasteiger partial charge in [0, 0.05) is 7.11 Å². The number of ether oxygens (including phenoxy) is 2. The summed E-state index contributed by atoms with van der Waals surface area (Å²) in [4.78, 5) is 0. The van der Waals surface area contributed by atoms with Crippen molar-refractivity contribution < 1.29 is 14.7 Å². The Labute approximate surface area is 83.9 Å². The second-order valence-electron chi connectivity index (χ2n) is 3.55. The van der Waals surface area contributed by atoms with Crippen LogP contribution in [0.1, 0.15) is 25.7 Å². The van der Waals surface area contributed by atoms with Crippen LogP contribution in [0.15, 0.2) is 5.16 Å². The smallest absolute Gasteiger partial charge is 0.165 e. The van der Waals surface area contributed by atoms with Crippen LogP contribution in [0.5, 0.6) is 0 Å². The number of nitrogens with zero attached hydrogens (tertiary/aromatic N) is 1. The second kappa shape index (κ2) is 5.82. The van der Waals surface area contributed by atoms with Gasteiger partial charge in [0.2, 0.25) is 0 Å². The maximum Gasteiger partial charge on any atom is 0.165 e. The normalized spacial score (nSPS) is 29.1. The molecule has 0 amide bonds. The third-order valence-corrected chi connectivity index (χ3v) is 2.51. The van der Waals surface area contributed by atoms with Gasteiger partial charge < -0.3 is 20.4 Å². The van der Waals surface area contributed by atoms with E-state index in [0.29, 0.717) is 6.10 Å². The summed E-state index contributed by atoms with van der Waals surface area (Å²) in [5.74, 6) is 0.115. The molecular formula is C9H18N2O3. The molecular weight excluding hydrogens is 184 g/mol. The molecule has 1 aliphatic rings. The molecule has 0 aromatic heterocycles. The van der Waals surface area contributed by atoms with Gasteiger partial charge >= 0.3 is 0 Å². The van der Waals surface area contributed by atoms with Crippen LogP contribution in [0.25, 0.3) is 0 Å². The van der Waals surface area contributed by atoms with Crippen LogP contribution in [0.3, 0.4) is 0 Å². The lowest BCUT2D eigenvalue weighted by molar-refractivity contribution is -0.0179. The summed E-state index contributed by atoms with van der Waals surface area (Å²) < 4.78 is 10.7. The lowest BCUT2D eigenvalue weighted by Gasteiger charge is -2.27. The molecule has 0 radical (unpaired) electrons. The third kappa shape index (κ3) is 3.51. The largest absolute Gasteiger partial charge is 0.409 e.